The molecule has 0 radical (unpaired) electrons. The van der Waals surface area contributed by atoms with E-state index in [9.17, 15) is 13.2 Å². The van der Waals surface area contributed by atoms with Crippen LogP contribution >= 0.6 is 11.3 Å². The van der Waals surface area contributed by atoms with Gasteiger partial charge in [-0.05, 0) is 36.8 Å². The van der Waals surface area contributed by atoms with Gasteiger partial charge < -0.3 is 10.1 Å². The summed E-state index contributed by atoms with van der Waals surface area (Å²) in [7, 11) is -3.43. The van der Waals surface area contributed by atoms with E-state index < -0.39 is 10.0 Å². The van der Waals surface area contributed by atoms with E-state index in [1.165, 1.54) is 12.2 Å². The van der Waals surface area contributed by atoms with Crippen molar-refractivity contribution < 1.29 is 17.9 Å². The number of thiazole rings is 1. The quantitative estimate of drug-likeness (QED) is 0.313. The third-order valence-corrected chi connectivity index (χ3v) is 6.54. The van der Waals surface area contributed by atoms with E-state index in [4.69, 9.17) is 4.74 Å². The van der Waals surface area contributed by atoms with Crippen LogP contribution < -0.4 is 14.8 Å². The Labute approximate surface area is 197 Å². The van der Waals surface area contributed by atoms with E-state index in [0.717, 1.165) is 16.3 Å². The average Bonchev–Trinajstić information content (AvgIpc) is 3.21. The Balaban J connectivity index is 1.57. The zero-order valence-electron chi connectivity index (χ0n) is 18.2. The lowest BCUT2D eigenvalue weighted by Crippen LogP contribution is -2.25. The Bertz CT molecular complexity index is 1230. The minimum absolute atomic E-state index is 0.147. The number of hydrogen-bond donors (Lipinski definition) is 2. The first-order valence-corrected chi connectivity index (χ1v) is 12.7. The Morgan fingerprint density at radius 3 is 2.64 bits per heavy atom. The molecule has 33 heavy (non-hydrogen) atoms. The largest absolute Gasteiger partial charge is 0.487 e. The predicted octanol–water partition coefficient (Wildman–Crippen LogP) is 4.29. The number of carbonyl (C=O) groups is 1. The molecule has 2 N–H and O–H groups in total. The fraction of sp³-hybridized carbons (Fsp3) is 0.167. The molecular formula is C24H25N3O4S2. The molecule has 0 aliphatic heterocycles. The number of nitrogens with one attached hydrogen (secondary N) is 2. The van der Waals surface area contributed by atoms with Gasteiger partial charge in [0.05, 0.1) is 16.5 Å². The Morgan fingerprint density at radius 1 is 1.18 bits per heavy atom. The van der Waals surface area contributed by atoms with Gasteiger partial charge in [-0.25, -0.2) is 18.1 Å². The lowest BCUT2D eigenvalue weighted by molar-refractivity contribution is -0.111. The molecule has 0 spiro atoms. The van der Waals surface area contributed by atoms with Crippen molar-refractivity contribution in [3.63, 3.8) is 0 Å². The van der Waals surface area contributed by atoms with Crippen molar-refractivity contribution in [1.29, 1.82) is 0 Å². The van der Waals surface area contributed by atoms with Crippen LogP contribution in [0, 0.1) is 6.92 Å². The van der Waals surface area contributed by atoms with Crippen molar-refractivity contribution >= 4 is 39.0 Å². The summed E-state index contributed by atoms with van der Waals surface area (Å²) in [5, 5.41) is 5.70. The van der Waals surface area contributed by atoms with Gasteiger partial charge in [-0.15, -0.1) is 17.9 Å². The highest BCUT2D eigenvalue weighted by molar-refractivity contribution is 7.88. The van der Waals surface area contributed by atoms with E-state index in [1.807, 2.05) is 36.6 Å². The molecule has 7 nitrogen and oxygen atoms in total. The average molecular weight is 484 g/mol. The summed E-state index contributed by atoms with van der Waals surface area (Å²) >= 11 is 1.57. The SMILES string of the molecule is C=CCNS(=O)(=O)Cc1ccc(NC(=O)/C=C/c2ccccc2OCc2csc(C)n2)cc1. The number of benzene rings is 2. The van der Waals surface area contributed by atoms with Gasteiger partial charge >= 0.3 is 0 Å². The lowest BCUT2D eigenvalue weighted by atomic mass is 10.2. The summed E-state index contributed by atoms with van der Waals surface area (Å²) in [6, 6.07) is 14.1. The summed E-state index contributed by atoms with van der Waals surface area (Å²) in [4.78, 5) is 16.7. The molecule has 2 aromatic carbocycles. The van der Waals surface area contributed by atoms with Crippen LogP contribution in [0.3, 0.4) is 0 Å². The number of aryl methyl sites for hydroxylation is 1. The Morgan fingerprint density at radius 2 is 1.94 bits per heavy atom. The normalized spacial score (nSPS) is 11.4. The maximum absolute atomic E-state index is 12.3. The second-order valence-corrected chi connectivity index (χ2v) is 9.97. The van der Waals surface area contributed by atoms with Crippen LogP contribution in [-0.4, -0.2) is 25.9 Å². The van der Waals surface area contributed by atoms with Crippen LogP contribution in [0.15, 0.2) is 72.6 Å². The number of carbonyl (C=O) groups excluding carboxylic acids is 1. The first-order chi connectivity index (χ1) is 15.8. The first-order valence-electron chi connectivity index (χ1n) is 10.1. The van der Waals surface area contributed by atoms with Gasteiger partial charge in [0, 0.05) is 29.3 Å². The van der Waals surface area contributed by atoms with E-state index in [-0.39, 0.29) is 18.2 Å². The highest BCUT2D eigenvalue weighted by atomic mass is 32.2. The molecule has 0 saturated carbocycles. The van der Waals surface area contributed by atoms with Crippen molar-refractivity contribution in [2.24, 2.45) is 0 Å². The van der Waals surface area contributed by atoms with Crippen molar-refractivity contribution in [3.05, 3.63) is 94.5 Å². The number of aromatic nitrogens is 1. The molecule has 0 unspecified atom stereocenters. The molecule has 172 valence electrons. The van der Waals surface area contributed by atoms with Crippen LogP contribution in [0.5, 0.6) is 5.75 Å². The topological polar surface area (TPSA) is 97.4 Å². The zero-order chi connectivity index (χ0) is 23.7. The second-order valence-electron chi connectivity index (χ2n) is 7.10. The van der Waals surface area contributed by atoms with Crippen molar-refractivity contribution in [3.8, 4) is 5.75 Å². The summed E-state index contributed by atoms with van der Waals surface area (Å²) in [6.45, 7) is 5.97. The number of sulfonamides is 1. The molecule has 0 aliphatic carbocycles. The van der Waals surface area contributed by atoms with Crippen LogP contribution in [-0.2, 0) is 27.2 Å². The molecule has 0 bridgehead atoms. The van der Waals surface area contributed by atoms with E-state index in [1.54, 1.807) is 41.7 Å². The summed E-state index contributed by atoms with van der Waals surface area (Å²) < 4.78 is 32.2. The summed E-state index contributed by atoms with van der Waals surface area (Å²) in [5.74, 6) is 0.197. The molecule has 3 aromatic rings. The highest BCUT2D eigenvalue weighted by Gasteiger charge is 2.10. The Hall–Kier alpha value is -3.27. The van der Waals surface area contributed by atoms with Crippen molar-refractivity contribution in [2.75, 3.05) is 11.9 Å². The summed E-state index contributed by atoms with van der Waals surface area (Å²) in [5.41, 5.74) is 2.81. The molecule has 1 aromatic heterocycles. The third kappa shape index (κ3) is 7.98. The van der Waals surface area contributed by atoms with Crippen LogP contribution in [0.25, 0.3) is 6.08 Å². The molecule has 0 fully saturated rings. The second kappa shape index (κ2) is 11.6. The molecule has 1 amide bonds. The number of hydrogen-bond acceptors (Lipinski definition) is 6. The molecule has 0 aliphatic rings. The fourth-order valence-electron chi connectivity index (χ4n) is 2.87. The molecular weight excluding hydrogens is 458 g/mol. The lowest BCUT2D eigenvalue weighted by Gasteiger charge is -2.08. The van der Waals surface area contributed by atoms with Gasteiger partial charge in [0.1, 0.15) is 12.4 Å². The van der Waals surface area contributed by atoms with E-state index >= 15 is 0 Å². The molecule has 3 rings (SSSR count). The number of ether oxygens (including phenoxy) is 1. The van der Waals surface area contributed by atoms with Gasteiger partial charge in [0.15, 0.2) is 0 Å². The first kappa shape index (κ1) is 24.4. The van der Waals surface area contributed by atoms with Gasteiger partial charge in [-0.3, -0.25) is 4.79 Å². The van der Waals surface area contributed by atoms with Crippen LogP contribution in [0.4, 0.5) is 5.69 Å². The molecule has 0 atom stereocenters. The molecule has 0 saturated heterocycles. The van der Waals surface area contributed by atoms with E-state index in [0.29, 0.717) is 23.6 Å². The van der Waals surface area contributed by atoms with Crippen molar-refractivity contribution in [2.45, 2.75) is 19.3 Å². The van der Waals surface area contributed by atoms with Crippen LogP contribution in [0.2, 0.25) is 0 Å². The minimum atomic E-state index is -3.43. The van der Waals surface area contributed by atoms with Gasteiger partial charge in [0.2, 0.25) is 15.9 Å². The van der Waals surface area contributed by atoms with Crippen molar-refractivity contribution in [1.82, 2.24) is 9.71 Å². The number of amides is 1. The molecule has 1 heterocycles. The van der Waals surface area contributed by atoms with Gasteiger partial charge in [-0.1, -0.05) is 36.4 Å². The number of nitrogens with zero attached hydrogens (tertiary/aromatic N) is 1. The number of para-hydroxylation sites is 1. The maximum Gasteiger partial charge on any atom is 0.248 e. The number of rotatable bonds is 11. The highest BCUT2D eigenvalue weighted by Crippen LogP contribution is 2.21. The maximum atomic E-state index is 12.3. The predicted molar refractivity (Wildman–Crippen MR) is 133 cm³/mol. The van der Waals surface area contributed by atoms with Gasteiger partial charge in [0.25, 0.3) is 0 Å². The van der Waals surface area contributed by atoms with Gasteiger partial charge in [-0.2, -0.15) is 0 Å². The monoisotopic (exact) mass is 483 g/mol. The minimum Gasteiger partial charge on any atom is -0.487 e. The zero-order valence-corrected chi connectivity index (χ0v) is 19.8. The molecule has 9 heteroatoms. The third-order valence-electron chi connectivity index (χ3n) is 4.40. The smallest absolute Gasteiger partial charge is 0.248 e. The number of anilines is 1. The fourth-order valence-corrected chi connectivity index (χ4v) is 4.57. The van der Waals surface area contributed by atoms with E-state index in [2.05, 4.69) is 21.6 Å². The standard InChI is InChI=1S/C24H25N3O4S2/c1-3-14-25-33(29,30)17-19-8-11-21(12-9-19)27-24(28)13-10-20-6-4-5-7-23(20)31-15-22-16-32-18(2)26-22/h3-13,16,25H,1,14-15,17H2,2H3,(H,27,28)/b13-10+. The van der Waals surface area contributed by atoms with Crippen LogP contribution in [0.1, 0.15) is 21.8 Å². The summed E-state index contributed by atoms with van der Waals surface area (Å²) in [6.07, 6.45) is 4.59. The Kier molecular flexibility index (Phi) is 8.53.